The van der Waals surface area contributed by atoms with Crippen molar-refractivity contribution in [3.63, 3.8) is 0 Å². The molecule has 5 nitrogen and oxygen atoms in total. The van der Waals surface area contributed by atoms with E-state index in [0.29, 0.717) is 17.7 Å². The molecule has 1 aromatic rings. The van der Waals surface area contributed by atoms with Gasteiger partial charge in [0.25, 0.3) is 0 Å². The van der Waals surface area contributed by atoms with Crippen LogP contribution in [-0.4, -0.2) is 34.3 Å². The zero-order chi connectivity index (χ0) is 13.0. The monoisotopic (exact) mass is 251 g/mol. The van der Waals surface area contributed by atoms with Crippen molar-refractivity contribution in [2.75, 3.05) is 19.0 Å². The molecule has 0 spiro atoms. The van der Waals surface area contributed by atoms with E-state index in [1.54, 1.807) is 19.4 Å². The molecule has 0 saturated heterocycles. The molecule has 0 amide bonds. The van der Waals surface area contributed by atoms with Crippen LogP contribution in [0.5, 0.6) is 5.88 Å². The molecule has 18 heavy (non-hydrogen) atoms. The minimum atomic E-state index is -0.288. The van der Waals surface area contributed by atoms with Crippen molar-refractivity contribution < 1.29 is 9.84 Å². The maximum Gasteiger partial charge on any atom is 0.226 e. The van der Waals surface area contributed by atoms with Crippen molar-refractivity contribution in [1.82, 2.24) is 9.97 Å². The van der Waals surface area contributed by atoms with Gasteiger partial charge >= 0.3 is 0 Å². The highest BCUT2D eigenvalue weighted by atomic mass is 16.5. The van der Waals surface area contributed by atoms with Crippen molar-refractivity contribution in [3.05, 3.63) is 12.3 Å². The van der Waals surface area contributed by atoms with Crippen LogP contribution in [0.3, 0.4) is 0 Å². The molecule has 1 aliphatic carbocycles. The Morgan fingerprint density at radius 2 is 2.44 bits per heavy atom. The van der Waals surface area contributed by atoms with Crippen LogP contribution in [0.1, 0.15) is 32.6 Å². The summed E-state index contributed by atoms with van der Waals surface area (Å²) in [5.41, 5.74) is -0.288. The van der Waals surface area contributed by atoms with E-state index in [1.165, 1.54) is 6.42 Å². The highest BCUT2D eigenvalue weighted by Crippen LogP contribution is 2.34. The number of anilines is 1. The molecule has 2 N–H and O–H groups in total. The largest absolute Gasteiger partial charge is 0.481 e. The summed E-state index contributed by atoms with van der Waals surface area (Å²) < 4.78 is 5.08. The Kier molecular flexibility index (Phi) is 4.01. The number of rotatable bonds is 4. The molecule has 1 fully saturated rings. The summed E-state index contributed by atoms with van der Waals surface area (Å²) in [5, 5.41) is 13.0. The zero-order valence-electron chi connectivity index (χ0n) is 11.0. The third-order valence-corrected chi connectivity index (χ3v) is 3.61. The second-order valence-electron chi connectivity index (χ2n) is 5.19. The smallest absolute Gasteiger partial charge is 0.226 e. The summed E-state index contributed by atoms with van der Waals surface area (Å²) in [6.45, 7) is 2.33. The van der Waals surface area contributed by atoms with Crippen molar-refractivity contribution in [2.45, 2.75) is 38.1 Å². The Hall–Kier alpha value is -1.36. The van der Waals surface area contributed by atoms with Gasteiger partial charge in [0.1, 0.15) is 0 Å². The minimum Gasteiger partial charge on any atom is -0.481 e. The number of nitrogens with zero attached hydrogens (tertiary/aromatic N) is 2. The van der Waals surface area contributed by atoms with Gasteiger partial charge in [0.15, 0.2) is 0 Å². The predicted molar refractivity (Wildman–Crippen MR) is 69.7 cm³/mol. The fraction of sp³-hybridized carbons (Fsp3) is 0.692. The fourth-order valence-corrected chi connectivity index (χ4v) is 2.71. The highest BCUT2D eigenvalue weighted by Gasteiger charge is 2.35. The molecule has 1 heterocycles. The van der Waals surface area contributed by atoms with Crippen LogP contribution >= 0.6 is 0 Å². The number of methoxy groups -OCH3 is 1. The van der Waals surface area contributed by atoms with E-state index in [4.69, 9.17) is 4.74 Å². The highest BCUT2D eigenvalue weighted by molar-refractivity contribution is 5.32. The van der Waals surface area contributed by atoms with Gasteiger partial charge in [0, 0.05) is 12.3 Å². The number of aliphatic hydroxyl groups excluding tert-OH is 1. The van der Waals surface area contributed by atoms with Gasteiger partial charge in [-0.25, -0.2) is 4.98 Å². The number of aromatic nitrogens is 2. The van der Waals surface area contributed by atoms with Crippen LogP contribution in [0.25, 0.3) is 0 Å². The van der Waals surface area contributed by atoms with E-state index in [1.807, 2.05) is 0 Å². The summed E-state index contributed by atoms with van der Waals surface area (Å²) >= 11 is 0. The van der Waals surface area contributed by atoms with Gasteiger partial charge in [-0.15, -0.1) is 0 Å². The average molecular weight is 251 g/mol. The van der Waals surface area contributed by atoms with Crippen LogP contribution in [0.2, 0.25) is 0 Å². The lowest BCUT2D eigenvalue weighted by atomic mass is 9.77. The number of hydrogen-bond donors (Lipinski definition) is 2. The van der Waals surface area contributed by atoms with Crippen molar-refractivity contribution in [3.8, 4) is 5.88 Å². The summed E-state index contributed by atoms with van der Waals surface area (Å²) in [4.78, 5) is 8.43. The lowest BCUT2D eigenvalue weighted by Crippen LogP contribution is -2.46. The van der Waals surface area contributed by atoms with Crippen molar-refractivity contribution >= 4 is 5.95 Å². The molecular formula is C13H21N3O2. The van der Waals surface area contributed by atoms with Crippen LogP contribution in [0.15, 0.2) is 12.3 Å². The van der Waals surface area contributed by atoms with Gasteiger partial charge in [-0.3, -0.25) is 0 Å². The number of aliphatic hydroxyl groups is 1. The summed E-state index contributed by atoms with van der Waals surface area (Å²) in [7, 11) is 1.58. The fourth-order valence-electron chi connectivity index (χ4n) is 2.71. The molecule has 2 atom stereocenters. The lowest BCUT2D eigenvalue weighted by molar-refractivity contribution is 0.149. The van der Waals surface area contributed by atoms with Crippen LogP contribution in [0.4, 0.5) is 5.95 Å². The van der Waals surface area contributed by atoms with E-state index < -0.39 is 0 Å². The topological polar surface area (TPSA) is 67.3 Å². The Balaban J connectivity index is 2.13. The molecule has 0 aromatic carbocycles. The minimum absolute atomic E-state index is 0.109. The first-order valence-corrected chi connectivity index (χ1v) is 6.43. The summed E-state index contributed by atoms with van der Waals surface area (Å²) in [5.74, 6) is 1.67. The van der Waals surface area contributed by atoms with E-state index in [0.717, 1.165) is 19.3 Å². The molecule has 100 valence electrons. The SMILES string of the molecule is COc1ccnc(NC2(CO)CCCC(C)C2)n1. The molecule has 0 aliphatic heterocycles. The molecule has 1 aromatic heterocycles. The molecule has 0 bridgehead atoms. The van der Waals surface area contributed by atoms with Crippen LogP contribution in [0, 0.1) is 5.92 Å². The van der Waals surface area contributed by atoms with Crippen molar-refractivity contribution in [2.24, 2.45) is 5.92 Å². The third kappa shape index (κ3) is 2.90. The van der Waals surface area contributed by atoms with Gasteiger partial charge < -0.3 is 15.2 Å². The average Bonchev–Trinajstić information content (AvgIpc) is 2.39. The Labute approximate surface area is 108 Å². The van der Waals surface area contributed by atoms with Crippen LogP contribution < -0.4 is 10.1 Å². The summed E-state index contributed by atoms with van der Waals surface area (Å²) in [6.07, 6.45) is 5.91. The molecule has 1 saturated carbocycles. The van der Waals surface area contributed by atoms with E-state index >= 15 is 0 Å². The summed E-state index contributed by atoms with van der Waals surface area (Å²) in [6, 6.07) is 1.71. The first kappa shape index (κ1) is 13.1. The van der Waals surface area contributed by atoms with E-state index in [-0.39, 0.29) is 12.1 Å². The second kappa shape index (κ2) is 5.52. The number of ether oxygens (including phenoxy) is 1. The first-order chi connectivity index (χ1) is 8.67. The number of nitrogens with one attached hydrogen (secondary N) is 1. The van der Waals surface area contributed by atoms with E-state index in [9.17, 15) is 5.11 Å². The first-order valence-electron chi connectivity index (χ1n) is 6.43. The maximum atomic E-state index is 9.70. The molecule has 5 heteroatoms. The Bertz CT molecular complexity index is 400. The lowest BCUT2D eigenvalue weighted by Gasteiger charge is -2.39. The van der Waals surface area contributed by atoms with Crippen LogP contribution in [-0.2, 0) is 0 Å². The normalized spacial score (nSPS) is 27.8. The molecule has 0 radical (unpaired) electrons. The standard InChI is InChI=1S/C13H21N3O2/c1-10-4-3-6-13(8-10,9-17)16-12-14-7-5-11(15-12)18-2/h5,7,10,17H,3-4,6,8-9H2,1-2H3,(H,14,15,16). The zero-order valence-corrected chi connectivity index (χ0v) is 11.0. The predicted octanol–water partition coefficient (Wildman–Crippen LogP) is 1.84. The second-order valence-corrected chi connectivity index (χ2v) is 5.19. The van der Waals surface area contributed by atoms with Gasteiger partial charge in [0.2, 0.25) is 11.8 Å². The van der Waals surface area contributed by atoms with Gasteiger partial charge in [-0.05, 0) is 18.8 Å². The Morgan fingerprint density at radius 3 is 3.11 bits per heavy atom. The molecule has 1 aliphatic rings. The molecule has 2 unspecified atom stereocenters. The van der Waals surface area contributed by atoms with Crippen molar-refractivity contribution in [1.29, 1.82) is 0 Å². The quantitative estimate of drug-likeness (QED) is 0.854. The van der Waals surface area contributed by atoms with E-state index in [2.05, 4.69) is 22.2 Å². The van der Waals surface area contributed by atoms with Gasteiger partial charge in [0.05, 0.1) is 19.3 Å². The molecule has 2 rings (SSSR count). The maximum absolute atomic E-state index is 9.70. The molecular weight excluding hydrogens is 230 g/mol. The van der Waals surface area contributed by atoms with Gasteiger partial charge in [-0.1, -0.05) is 19.8 Å². The third-order valence-electron chi connectivity index (χ3n) is 3.61. The number of hydrogen-bond acceptors (Lipinski definition) is 5. The Morgan fingerprint density at radius 1 is 1.61 bits per heavy atom. The van der Waals surface area contributed by atoms with Gasteiger partial charge in [-0.2, -0.15) is 4.98 Å².